The van der Waals surface area contributed by atoms with Gasteiger partial charge in [-0.15, -0.1) is 11.8 Å². The molecule has 2 rings (SSSR count). The van der Waals surface area contributed by atoms with Gasteiger partial charge in [0.1, 0.15) is 5.75 Å². The van der Waals surface area contributed by atoms with Gasteiger partial charge in [0.05, 0.1) is 0 Å². The van der Waals surface area contributed by atoms with Gasteiger partial charge >= 0.3 is 5.97 Å². The van der Waals surface area contributed by atoms with Crippen LogP contribution in [-0.2, 0) is 14.3 Å². The van der Waals surface area contributed by atoms with E-state index in [2.05, 4.69) is 5.32 Å². The summed E-state index contributed by atoms with van der Waals surface area (Å²) in [5.74, 6) is 0.124. The summed E-state index contributed by atoms with van der Waals surface area (Å²) in [6.07, 6.45) is 0. The van der Waals surface area contributed by atoms with Crippen LogP contribution in [0.25, 0.3) is 0 Å². The minimum Gasteiger partial charge on any atom is -0.482 e. The molecule has 142 valence electrons. The van der Waals surface area contributed by atoms with Gasteiger partial charge in [0.2, 0.25) is 0 Å². The number of amides is 1. The number of benzene rings is 2. The Morgan fingerprint density at radius 1 is 0.963 bits per heavy atom. The molecule has 0 aliphatic rings. The molecule has 0 atom stereocenters. The molecule has 2 aromatic rings. The molecule has 0 aliphatic carbocycles. The smallest absolute Gasteiger partial charge is 0.344 e. The number of hydrogen-bond acceptors (Lipinski definition) is 6. The van der Waals surface area contributed by atoms with Crippen LogP contribution in [0.4, 0.5) is 0 Å². The first-order valence-corrected chi connectivity index (χ1v) is 9.37. The maximum Gasteiger partial charge on any atom is 0.344 e. The number of hydrogen-bond donors (Lipinski definition) is 1. The van der Waals surface area contributed by atoms with Crippen LogP contribution in [0.5, 0.6) is 5.75 Å². The highest BCUT2D eigenvalue weighted by Crippen LogP contribution is 2.15. The summed E-state index contributed by atoms with van der Waals surface area (Å²) >= 11 is 1.63. The molecule has 2 aromatic carbocycles. The van der Waals surface area contributed by atoms with Crippen molar-refractivity contribution in [3.63, 3.8) is 0 Å². The molecule has 0 bridgehead atoms. The molecule has 6 nitrogen and oxygen atoms in total. The molecule has 0 saturated carbocycles. The number of carbonyl (C=O) groups is 3. The maximum atomic E-state index is 11.7. The predicted molar refractivity (Wildman–Crippen MR) is 103 cm³/mol. The van der Waals surface area contributed by atoms with E-state index in [1.54, 1.807) is 36.0 Å². The fraction of sp³-hybridized carbons (Fsp3) is 0.250. The quantitative estimate of drug-likeness (QED) is 0.292. The minimum atomic E-state index is -0.639. The van der Waals surface area contributed by atoms with Crippen LogP contribution < -0.4 is 10.1 Å². The average Bonchev–Trinajstić information content (AvgIpc) is 2.69. The van der Waals surface area contributed by atoms with E-state index in [4.69, 9.17) is 9.47 Å². The first-order chi connectivity index (χ1) is 13.0. The molecule has 1 amide bonds. The Morgan fingerprint density at radius 2 is 1.67 bits per heavy atom. The van der Waals surface area contributed by atoms with Crippen LogP contribution in [-0.4, -0.2) is 43.2 Å². The fourth-order valence-corrected chi connectivity index (χ4v) is 2.83. The van der Waals surface area contributed by atoms with E-state index in [0.29, 0.717) is 17.9 Å². The lowest BCUT2D eigenvalue weighted by atomic mass is 10.1. The summed E-state index contributed by atoms with van der Waals surface area (Å²) in [7, 11) is 0. The second kappa shape index (κ2) is 11.0. The number of thioether (sulfide) groups is 1. The van der Waals surface area contributed by atoms with E-state index in [9.17, 15) is 14.4 Å². The highest BCUT2D eigenvalue weighted by atomic mass is 32.2. The Hall–Kier alpha value is -2.80. The van der Waals surface area contributed by atoms with Crippen LogP contribution in [0.1, 0.15) is 17.3 Å². The van der Waals surface area contributed by atoms with E-state index >= 15 is 0 Å². The molecule has 0 aliphatic heterocycles. The highest BCUT2D eigenvalue weighted by molar-refractivity contribution is 7.99. The lowest BCUT2D eigenvalue weighted by molar-refractivity contribution is -0.150. The van der Waals surface area contributed by atoms with Gasteiger partial charge in [0, 0.05) is 22.8 Å². The van der Waals surface area contributed by atoms with Crippen LogP contribution in [0.2, 0.25) is 0 Å². The van der Waals surface area contributed by atoms with Crippen molar-refractivity contribution in [2.24, 2.45) is 0 Å². The molecule has 27 heavy (non-hydrogen) atoms. The molecule has 0 spiro atoms. The van der Waals surface area contributed by atoms with Crippen molar-refractivity contribution in [1.29, 1.82) is 0 Å². The normalized spacial score (nSPS) is 10.1. The van der Waals surface area contributed by atoms with E-state index in [-0.39, 0.29) is 24.9 Å². The van der Waals surface area contributed by atoms with E-state index < -0.39 is 5.97 Å². The van der Waals surface area contributed by atoms with Crippen molar-refractivity contribution < 1.29 is 23.9 Å². The largest absolute Gasteiger partial charge is 0.482 e. The highest BCUT2D eigenvalue weighted by Gasteiger charge is 2.08. The predicted octanol–water partition coefficient (Wildman–Crippen LogP) is 2.72. The standard InChI is InChI=1S/C20H21NO5S/c1-15(22)16-7-9-17(10-8-16)25-14-20(24)26-13-19(23)21-11-12-27-18-5-3-2-4-6-18/h2-10H,11-14H2,1H3,(H,21,23). The van der Waals surface area contributed by atoms with Gasteiger partial charge in [0.15, 0.2) is 19.0 Å². The maximum absolute atomic E-state index is 11.7. The molecule has 0 aromatic heterocycles. The van der Waals surface area contributed by atoms with Crippen LogP contribution in [0, 0.1) is 0 Å². The molecule has 7 heteroatoms. The van der Waals surface area contributed by atoms with Crippen LogP contribution in [0.15, 0.2) is 59.5 Å². The molecule has 0 fully saturated rings. The molecule has 1 N–H and O–H groups in total. The number of Topliss-reactive ketones (excluding diaryl/α,β-unsaturated/α-hetero) is 1. The van der Waals surface area contributed by atoms with E-state index in [1.165, 1.54) is 6.92 Å². The molecule has 0 unspecified atom stereocenters. The third-order valence-electron chi connectivity index (χ3n) is 3.42. The van der Waals surface area contributed by atoms with Gasteiger partial charge in [0.25, 0.3) is 5.91 Å². The molecular weight excluding hydrogens is 366 g/mol. The van der Waals surface area contributed by atoms with E-state index in [0.717, 1.165) is 10.6 Å². The Labute approximate surface area is 162 Å². The number of rotatable bonds is 10. The van der Waals surface area contributed by atoms with Crippen molar-refractivity contribution >= 4 is 29.4 Å². The second-order valence-electron chi connectivity index (χ2n) is 5.54. The van der Waals surface area contributed by atoms with Gasteiger partial charge in [-0.1, -0.05) is 18.2 Å². The lowest BCUT2D eigenvalue weighted by Gasteiger charge is -2.08. The van der Waals surface area contributed by atoms with Crippen molar-refractivity contribution in [2.45, 2.75) is 11.8 Å². The Balaban J connectivity index is 1.57. The van der Waals surface area contributed by atoms with E-state index in [1.807, 2.05) is 30.3 Å². The van der Waals surface area contributed by atoms with Gasteiger partial charge < -0.3 is 14.8 Å². The van der Waals surface area contributed by atoms with Crippen molar-refractivity contribution in [2.75, 3.05) is 25.5 Å². The zero-order valence-corrected chi connectivity index (χ0v) is 15.8. The Kier molecular flexibility index (Phi) is 8.38. The zero-order valence-electron chi connectivity index (χ0n) is 15.0. The SMILES string of the molecule is CC(=O)c1ccc(OCC(=O)OCC(=O)NCCSc2ccccc2)cc1. The number of esters is 1. The van der Waals surface area contributed by atoms with Crippen LogP contribution >= 0.6 is 11.8 Å². The third-order valence-corrected chi connectivity index (χ3v) is 4.43. The van der Waals surface area contributed by atoms with Crippen molar-refractivity contribution in [1.82, 2.24) is 5.32 Å². The van der Waals surface area contributed by atoms with Gasteiger partial charge in [-0.2, -0.15) is 0 Å². The monoisotopic (exact) mass is 387 g/mol. The molecule has 0 heterocycles. The summed E-state index contributed by atoms with van der Waals surface area (Å²) < 4.78 is 10.1. The summed E-state index contributed by atoms with van der Waals surface area (Å²) in [5, 5.41) is 2.69. The number of ketones is 1. The minimum absolute atomic E-state index is 0.0471. The zero-order chi connectivity index (χ0) is 19.5. The topological polar surface area (TPSA) is 81.7 Å². The first-order valence-electron chi connectivity index (χ1n) is 8.38. The summed E-state index contributed by atoms with van der Waals surface area (Å²) in [4.78, 5) is 35.6. The summed E-state index contributed by atoms with van der Waals surface area (Å²) in [6, 6.07) is 16.3. The number of nitrogens with one attached hydrogen (secondary N) is 1. The Bertz CT molecular complexity index is 762. The van der Waals surface area contributed by atoms with Gasteiger partial charge in [-0.25, -0.2) is 4.79 Å². The Morgan fingerprint density at radius 3 is 2.33 bits per heavy atom. The van der Waals surface area contributed by atoms with Gasteiger partial charge in [-0.3, -0.25) is 9.59 Å². The number of ether oxygens (including phenoxy) is 2. The van der Waals surface area contributed by atoms with Crippen LogP contribution in [0.3, 0.4) is 0 Å². The summed E-state index contributed by atoms with van der Waals surface area (Å²) in [6.45, 7) is 1.30. The second-order valence-corrected chi connectivity index (χ2v) is 6.71. The molecular formula is C20H21NO5S. The lowest BCUT2D eigenvalue weighted by Crippen LogP contribution is -2.31. The van der Waals surface area contributed by atoms with Crippen molar-refractivity contribution in [3.05, 3.63) is 60.2 Å². The van der Waals surface area contributed by atoms with Crippen molar-refractivity contribution in [3.8, 4) is 5.75 Å². The summed E-state index contributed by atoms with van der Waals surface area (Å²) in [5.41, 5.74) is 0.562. The fourth-order valence-electron chi connectivity index (χ4n) is 2.04. The number of carbonyl (C=O) groups excluding carboxylic acids is 3. The molecule has 0 saturated heterocycles. The third kappa shape index (κ3) is 7.96. The van der Waals surface area contributed by atoms with Gasteiger partial charge in [-0.05, 0) is 43.3 Å². The average molecular weight is 387 g/mol. The molecule has 0 radical (unpaired) electrons. The first kappa shape index (κ1) is 20.5.